The Hall–Kier alpha value is 0.231. The van der Waals surface area contributed by atoms with Crippen molar-refractivity contribution in [2.45, 2.75) is 0 Å². The summed E-state index contributed by atoms with van der Waals surface area (Å²) in [5, 5.41) is 0. The van der Waals surface area contributed by atoms with E-state index in [0.29, 0.717) is 0 Å². The molecule has 1 rings (SSSR count). The van der Waals surface area contributed by atoms with E-state index in [-0.39, 0.29) is 57.5 Å². The minimum absolute atomic E-state index is 0. The van der Waals surface area contributed by atoms with Gasteiger partial charge >= 0.3 is 58.4 Å². The molecule has 0 fully saturated rings. The average molecular weight is 286 g/mol. The third kappa shape index (κ3) is 4.78. The maximum Gasteiger partial charge on any atom is 1.00 e. The van der Waals surface area contributed by atoms with Crippen LogP contribution in [0.15, 0.2) is 6.07 Å². The first-order valence-corrected chi connectivity index (χ1v) is 3.89. The van der Waals surface area contributed by atoms with E-state index in [9.17, 15) is 30.5 Å². The zero-order valence-electron chi connectivity index (χ0n) is 8.42. The molecular weight excluding hydrogens is 283 g/mol. The Morgan fingerprint density at radius 3 is 1.71 bits per heavy atom. The fourth-order valence-electron chi connectivity index (χ4n) is 0.856. The standard InChI is InChI=1S/C7H3BF7O.K/c9-3-1-4(10)6(12)7(5(3)11)16-2-8(13,14)15;/h1H,2H2;/q-1;+1. The molecule has 10 heteroatoms. The van der Waals surface area contributed by atoms with E-state index in [1.54, 1.807) is 0 Å². The monoisotopic (exact) mass is 286 g/mol. The van der Waals surface area contributed by atoms with Crippen molar-refractivity contribution < 1.29 is 86.6 Å². The first kappa shape index (κ1) is 17.2. The molecule has 0 bridgehead atoms. The van der Waals surface area contributed by atoms with Gasteiger partial charge < -0.3 is 17.7 Å². The number of hydrogen-bond acceptors (Lipinski definition) is 1. The van der Waals surface area contributed by atoms with Crippen LogP contribution in [-0.2, 0) is 0 Å². The summed E-state index contributed by atoms with van der Waals surface area (Å²) in [7, 11) is 0. The maximum atomic E-state index is 12.8. The molecule has 0 aromatic heterocycles. The van der Waals surface area contributed by atoms with Crippen LogP contribution in [0, 0.1) is 23.3 Å². The topological polar surface area (TPSA) is 9.23 Å². The van der Waals surface area contributed by atoms with Gasteiger partial charge in [-0.2, -0.15) is 8.78 Å². The number of benzene rings is 1. The van der Waals surface area contributed by atoms with E-state index in [1.165, 1.54) is 0 Å². The zero-order chi connectivity index (χ0) is 12.5. The van der Waals surface area contributed by atoms with E-state index in [4.69, 9.17) is 0 Å². The van der Waals surface area contributed by atoms with Crippen molar-refractivity contribution in [3.05, 3.63) is 29.3 Å². The van der Waals surface area contributed by atoms with Crippen LogP contribution in [0.5, 0.6) is 5.75 Å². The predicted molar refractivity (Wildman–Crippen MR) is 40.8 cm³/mol. The molecule has 0 atom stereocenters. The molecule has 0 saturated heterocycles. The van der Waals surface area contributed by atoms with Crippen molar-refractivity contribution in [1.82, 2.24) is 0 Å². The van der Waals surface area contributed by atoms with E-state index >= 15 is 0 Å². The quantitative estimate of drug-likeness (QED) is 0.432. The van der Waals surface area contributed by atoms with Crippen molar-refractivity contribution in [2.24, 2.45) is 0 Å². The molecule has 0 heterocycles. The van der Waals surface area contributed by atoms with Crippen LogP contribution in [0.1, 0.15) is 0 Å². The second-order valence-electron chi connectivity index (χ2n) is 2.82. The van der Waals surface area contributed by atoms with Crippen LogP contribution in [-0.4, -0.2) is 13.5 Å². The summed E-state index contributed by atoms with van der Waals surface area (Å²) < 4.78 is 89.3. The molecule has 17 heavy (non-hydrogen) atoms. The summed E-state index contributed by atoms with van der Waals surface area (Å²) >= 11 is 0. The van der Waals surface area contributed by atoms with Gasteiger partial charge in [0, 0.05) is 6.07 Å². The molecule has 0 spiro atoms. The van der Waals surface area contributed by atoms with Crippen molar-refractivity contribution >= 4 is 6.98 Å². The second-order valence-corrected chi connectivity index (χ2v) is 2.82. The van der Waals surface area contributed by atoms with Gasteiger partial charge in [-0.25, -0.2) is 8.78 Å². The molecule has 0 radical (unpaired) electrons. The maximum absolute atomic E-state index is 12.8. The molecular formula is C7H3BF7KO. The first-order valence-electron chi connectivity index (χ1n) is 3.89. The fourth-order valence-corrected chi connectivity index (χ4v) is 0.856. The normalized spacial score (nSPS) is 11.0. The number of halogens is 7. The van der Waals surface area contributed by atoms with E-state index in [1.807, 2.05) is 0 Å². The molecule has 0 aliphatic rings. The molecule has 1 aromatic carbocycles. The minimum Gasteiger partial charge on any atom is -0.517 e. The Morgan fingerprint density at radius 1 is 0.941 bits per heavy atom. The molecule has 1 nitrogen and oxygen atoms in total. The van der Waals surface area contributed by atoms with Gasteiger partial charge in [0.1, 0.15) is 0 Å². The van der Waals surface area contributed by atoms with Gasteiger partial charge in [0.15, 0.2) is 17.4 Å². The van der Waals surface area contributed by atoms with E-state index < -0.39 is 42.5 Å². The van der Waals surface area contributed by atoms with Crippen LogP contribution in [0.4, 0.5) is 30.5 Å². The van der Waals surface area contributed by atoms with Crippen LogP contribution >= 0.6 is 0 Å². The third-order valence-corrected chi connectivity index (χ3v) is 1.49. The summed E-state index contributed by atoms with van der Waals surface area (Å²) in [6.07, 6.45) is 0. The van der Waals surface area contributed by atoms with Crippen LogP contribution in [0.3, 0.4) is 0 Å². The number of rotatable bonds is 3. The van der Waals surface area contributed by atoms with E-state index in [2.05, 4.69) is 4.74 Å². The third-order valence-electron chi connectivity index (χ3n) is 1.49. The first-order chi connectivity index (χ1) is 7.22. The summed E-state index contributed by atoms with van der Waals surface area (Å²) in [6.45, 7) is -7.47. The summed E-state index contributed by atoms with van der Waals surface area (Å²) in [6, 6.07) is -0.129. The van der Waals surface area contributed by atoms with Crippen LogP contribution in [0.2, 0.25) is 0 Å². The Morgan fingerprint density at radius 2 is 1.35 bits per heavy atom. The van der Waals surface area contributed by atoms with Crippen molar-refractivity contribution in [1.29, 1.82) is 0 Å². The molecule has 90 valence electrons. The van der Waals surface area contributed by atoms with Crippen molar-refractivity contribution in [2.75, 3.05) is 6.51 Å². The Kier molecular flexibility index (Phi) is 6.50. The summed E-state index contributed by atoms with van der Waals surface area (Å²) in [5.74, 6) is -9.37. The Balaban J connectivity index is 0.00000256. The molecule has 1 aromatic rings. The molecule has 0 aliphatic carbocycles. The second kappa shape index (κ2) is 6.41. The van der Waals surface area contributed by atoms with Gasteiger partial charge in [0.05, 0.1) is 6.51 Å². The van der Waals surface area contributed by atoms with Crippen molar-refractivity contribution in [3.8, 4) is 5.75 Å². The summed E-state index contributed by atoms with van der Waals surface area (Å²) in [5.41, 5.74) is 0. The van der Waals surface area contributed by atoms with Gasteiger partial charge in [0.25, 0.3) is 0 Å². The zero-order valence-corrected chi connectivity index (χ0v) is 11.5. The molecule has 0 amide bonds. The number of hydrogen-bond donors (Lipinski definition) is 0. The van der Waals surface area contributed by atoms with Crippen LogP contribution in [0.25, 0.3) is 0 Å². The summed E-state index contributed by atoms with van der Waals surface area (Å²) in [4.78, 5) is 0. The fraction of sp³-hybridized carbons (Fsp3) is 0.143. The SMILES string of the molecule is Fc1cc(F)c(F)c(OC[B-](F)(F)F)c1F.[K+]. The average Bonchev–Trinajstić information content (AvgIpc) is 2.13. The van der Waals surface area contributed by atoms with E-state index in [0.717, 1.165) is 0 Å². The Labute approximate surface area is 134 Å². The van der Waals surface area contributed by atoms with Gasteiger partial charge in [-0.15, -0.1) is 0 Å². The van der Waals surface area contributed by atoms with Gasteiger partial charge in [0.2, 0.25) is 11.6 Å². The van der Waals surface area contributed by atoms with Gasteiger partial charge in [-0.1, -0.05) is 0 Å². The predicted octanol–water partition coefficient (Wildman–Crippen LogP) is 0.0124. The number of ether oxygens (including phenoxy) is 1. The minimum atomic E-state index is -5.48. The molecule has 0 N–H and O–H groups in total. The largest absolute Gasteiger partial charge is 1.00 e. The Bertz CT molecular complexity index is 382. The van der Waals surface area contributed by atoms with Gasteiger partial charge in [-0.3, -0.25) is 0 Å². The van der Waals surface area contributed by atoms with Crippen molar-refractivity contribution in [3.63, 3.8) is 0 Å². The smallest absolute Gasteiger partial charge is 0.517 e. The van der Waals surface area contributed by atoms with Gasteiger partial charge in [-0.05, 0) is 0 Å². The molecule has 0 aliphatic heterocycles. The van der Waals surface area contributed by atoms with Crippen LogP contribution < -0.4 is 56.1 Å². The molecule has 0 saturated carbocycles. The molecule has 0 unspecified atom stereocenters.